The van der Waals surface area contributed by atoms with E-state index in [9.17, 15) is 9.59 Å². The third kappa shape index (κ3) is 2.89. The number of carbonyl (C=O) groups excluding carboxylic acids is 2. The van der Waals surface area contributed by atoms with Gasteiger partial charge in [0.05, 0.1) is 11.4 Å². The van der Waals surface area contributed by atoms with E-state index in [1.807, 2.05) is 36.4 Å². The number of amides is 2. The van der Waals surface area contributed by atoms with Gasteiger partial charge in [-0.25, -0.2) is 4.98 Å². The molecular formula is C21H22N4O3. The third-order valence-corrected chi connectivity index (χ3v) is 4.98. The van der Waals surface area contributed by atoms with Gasteiger partial charge in [0, 0.05) is 12.6 Å². The van der Waals surface area contributed by atoms with Crippen LogP contribution in [0.25, 0.3) is 11.1 Å². The van der Waals surface area contributed by atoms with Crippen LogP contribution in [-0.2, 0) is 9.59 Å². The minimum absolute atomic E-state index is 0.191. The Bertz CT molecular complexity index is 1090. The molecule has 2 amide bonds. The Kier molecular flexibility index (Phi) is 4.10. The fourth-order valence-electron chi connectivity index (χ4n) is 3.48. The van der Waals surface area contributed by atoms with Crippen molar-refractivity contribution in [3.63, 3.8) is 0 Å². The van der Waals surface area contributed by atoms with Crippen LogP contribution < -0.4 is 15.5 Å². The highest BCUT2D eigenvalue weighted by Crippen LogP contribution is 2.37. The van der Waals surface area contributed by atoms with Gasteiger partial charge in [-0.15, -0.1) is 0 Å². The summed E-state index contributed by atoms with van der Waals surface area (Å²) in [5, 5.41) is 6.09. The zero-order chi connectivity index (χ0) is 20.1. The molecule has 0 bridgehead atoms. The molecule has 2 N–H and O–H groups in total. The van der Waals surface area contributed by atoms with Crippen LogP contribution in [0.3, 0.4) is 0 Å². The molecule has 0 spiro atoms. The topological polar surface area (TPSA) is 87.5 Å². The van der Waals surface area contributed by atoms with Crippen LogP contribution in [0.2, 0.25) is 0 Å². The van der Waals surface area contributed by atoms with Crippen LogP contribution >= 0.6 is 0 Å². The number of carbonyl (C=O) groups is 2. The molecule has 0 saturated carbocycles. The summed E-state index contributed by atoms with van der Waals surface area (Å²) >= 11 is 0. The van der Waals surface area contributed by atoms with Crippen LogP contribution in [0.5, 0.6) is 0 Å². The van der Waals surface area contributed by atoms with Gasteiger partial charge in [-0.2, -0.15) is 0 Å². The summed E-state index contributed by atoms with van der Waals surface area (Å²) in [4.78, 5) is 31.8. The number of oxazole rings is 1. The lowest BCUT2D eigenvalue weighted by atomic mass is 9.95. The van der Waals surface area contributed by atoms with Crippen LogP contribution in [0.1, 0.15) is 26.7 Å². The predicted octanol–water partition coefficient (Wildman–Crippen LogP) is 3.70. The second-order valence-corrected chi connectivity index (χ2v) is 7.49. The van der Waals surface area contributed by atoms with Gasteiger partial charge in [-0.1, -0.05) is 12.1 Å². The maximum Gasteiger partial charge on any atom is 0.250 e. The van der Waals surface area contributed by atoms with E-state index in [1.54, 1.807) is 38.7 Å². The van der Waals surface area contributed by atoms with Crippen LogP contribution in [0, 0.1) is 6.92 Å². The number of aromatic nitrogens is 1. The van der Waals surface area contributed by atoms with Crippen molar-refractivity contribution in [2.24, 2.45) is 0 Å². The van der Waals surface area contributed by atoms with Gasteiger partial charge in [0.1, 0.15) is 17.1 Å². The SMILES string of the molecule is Cc1nc2cc(NC(C)C(=O)N3c4ccccc4NC(=O)C3(C)C)ccc2o1. The molecular weight excluding hydrogens is 356 g/mol. The van der Waals surface area contributed by atoms with Crippen LogP contribution in [-0.4, -0.2) is 28.4 Å². The molecule has 144 valence electrons. The van der Waals surface area contributed by atoms with Crippen molar-refractivity contribution in [2.45, 2.75) is 39.3 Å². The average Bonchev–Trinajstić information content (AvgIpc) is 3.01. The number of benzene rings is 2. The van der Waals surface area contributed by atoms with Crippen molar-refractivity contribution in [1.82, 2.24) is 4.98 Å². The van der Waals surface area contributed by atoms with Gasteiger partial charge in [-0.05, 0) is 51.1 Å². The first-order valence-corrected chi connectivity index (χ1v) is 9.15. The molecule has 7 heteroatoms. The normalized spacial score (nSPS) is 16.4. The van der Waals surface area contributed by atoms with Crippen molar-refractivity contribution >= 4 is 40.0 Å². The Balaban J connectivity index is 1.64. The number of rotatable bonds is 3. The first kappa shape index (κ1) is 18.0. The smallest absolute Gasteiger partial charge is 0.250 e. The van der Waals surface area contributed by atoms with Gasteiger partial charge in [0.25, 0.3) is 0 Å². The second-order valence-electron chi connectivity index (χ2n) is 7.49. The molecule has 4 rings (SSSR count). The van der Waals surface area contributed by atoms with Gasteiger partial charge in [0.15, 0.2) is 11.5 Å². The molecule has 0 fully saturated rings. The van der Waals surface area contributed by atoms with Crippen molar-refractivity contribution in [1.29, 1.82) is 0 Å². The standard InChI is InChI=1S/C21H22N4O3/c1-12(22-14-9-10-18-16(11-14)23-13(2)28-18)19(26)25-17-8-6-5-7-15(17)24-20(27)21(25,3)4/h5-12,22H,1-4H3,(H,24,27). The Labute approximate surface area is 162 Å². The van der Waals surface area contributed by atoms with Gasteiger partial charge in [0.2, 0.25) is 11.8 Å². The highest BCUT2D eigenvalue weighted by Gasteiger charge is 2.44. The first-order chi connectivity index (χ1) is 13.3. The summed E-state index contributed by atoms with van der Waals surface area (Å²) in [6.07, 6.45) is 0. The number of nitrogens with one attached hydrogen (secondary N) is 2. The molecule has 1 unspecified atom stereocenters. The Morgan fingerprint density at radius 1 is 1.25 bits per heavy atom. The number of fused-ring (bicyclic) bond motifs is 2. The second kappa shape index (κ2) is 6.37. The summed E-state index contributed by atoms with van der Waals surface area (Å²) in [7, 11) is 0. The van der Waals surface area contributed by atoms with E-state index >= 15 is 0 Å². The maximum atomic E-state index is 13.3. The third-order valence-electron chi connectivity index (χ3n) is 4.98. The summed E-state index contributed by atoms with van der Waals surface area (Å²) in [5.74, 6) is 0.184. The molecule has 0 aliphatic carbocycles. The molecule has 2 heterocycles. The molecule has 1 aliphatic heterocycles. The molecule has 0 saturated heterocycles. The molecule has 3 aromatic rings. The number of hydrogen-bond acceptors (Lipinski definition) is 5. The predicted molar refractivity (Wildman–Crippen MR) is 108 cm³/mol. The Morgan fingerprint density at radius 3 is 2.79 bits per heavy atom. The quantitative estimate of drug-likeness (QED) is 0.726. The minimum Gasteiger partial charge on any atom is -0.441 e. The summed E-state index contributed by atoms with van der Waals surface area (Å²) in [6.45, 7) is 7.06. The van der Waals surface area contributed by atoms with E-state index in [2.05, 4.69) is 15.6 Å². The average molecular weight is 378 g/mol. The van der Waals surface area contributed by atoms with Crippen molar-refractivity contribution < 1.29 is 14.0 Å². The Hall–Kier alpha value is -3.35. The molecule has 1 aromatic heterocycles. The monoisotopic (exact) mass is 378 g/mol. The van der Waals surface area contributed by atoms with Crippen molar-refractivity contribution in [2.75, 3.05) is 15.5 Å². The number of para-hydroxylation sites is 2. The lowest BCUT2D eigenvalue weighted by molar-refractivity contribution is -0.126. The summed E-state index contributed by atoms with van der Waals surface area (Å²) in [6, 6.07) is 12.3. The summed E-state index contributed by atoms with van der Waals surface area (Å²) in [5.41, 5.74) is 2.50. The lowest BCUT2D eigenvalue weighted by Crippen LogP contribution is -2.61. The molecule has 1 aliphatic rings. The highest BCUT2D eigenvalue weighted by molar-refractivity contribution is 6.15. The number of nitrogens with zero attached hydrogens (tertiary/aromatic N) is 2. The van der Waals surface area contributed by atoms with E-state index in [4.69, 9.17) is 4.42 Å². The van der Waals surface area contributed by atoms with Gasteiger partial charge >= 0.3 is 0 Å². The highest BCUT2D eigenvalue weighted by atomic mass is 16.3. The van der Waals surface area contributed by atoms with E-state index in [1.165, 1.54) is 0 Å². The molecule has 2 aromatic carbocycles. The molecule has 7 nitrogen and oxygen atoms in total. The molecule has 1 atom stereocenters. The van der Waals surface area contributed by atoms with Crippen molar-refractivity contribution in [3.05, 3.63) is 48.4 Å². The maximum absolute atomic E-state index is 13.3. The van der Waals surface area contributed by atoms with Gasteiger partial charge < -0.3 is 15.1 Å². The zero-order valence-corrected chi connectivity index (χ0v) is 16.2. The first-order valence-electron chi connectivity index (χ1n) is 9.15. The van der Waals surface area contributed by atoms with E-state index in [0.717, 1.165) is 11.2 Å². The summed E-state index contributed by atoms with van der Waals surface area (Å²) < 4.78 is 5.49. The number of anilines is 3. The van der Waals surface area contributed by atoms with Crippen LogP contribution in [0.4, 0.5) is 17.1 Å². The fraction of sp³-hybridized carbons (Fsp3) is 0.286. The van der Waals surface area contributed by atoms with Gasteiger partial charge in [-0.3, -0.25) is 14.5 Å². The minimum atomic E-state index is -1.01. The number of hydrogen-bond donors (Lipinski definition) is 2. The zero-order valence-electron chi connectivity index (χ0n) is 16.2. The fourth-order valence-corrected chi connectivity index (χ4v) is 3.48. The Morgan fingerprint density at radius 2 is 2.00 bits per heavy atom. The van der Waals surface area contributed by atoms with Crippen LogP contribution in [0.15, 0.2) is 46.9 Å². The molecule has 0 radical (unpaired) electrons. The van der Waals surface area contributed by atoms with E-state index in [-0.39, 0.29) is 11.8 Å². The largest absolute Gasteiger partial charge is 0.441 e. The van der Waals surface area contributed by atoms with E-state index in [0.29, 0.717) is 22.8 Å². The lowest BCUT2D eigenvalue weighted by Gasteiger charge is -2.43. The number of aryl methyl sites for hydroxylation is 1. The van der Waals surface area contributed by atoms with Crippen molar-refractivity contribution in [3.8, 4) is 0 Å². The van der Waals surface area contributed by atoms with E-state index < -0.39 is 11.6 Å². The molecule has 28 heavy (non-hydrogen) atoms.